The Morgan fingerprint density at radius 1 is 1.17 bits per heavy atom. The zero-order valence-electron chi connectivity index (χ0n) is 21.5. The van der Waals surface area contributed by atoms with Crippen LogP contribution in [0.1, 0.15) is 56.3 Å². The van der Waals surface area contributed by atoms with Crippen molar-refractivity contribution >= 4 is 16.7 Å². The molecule has 4 heterocycles. The Morgan fingerprint density at radius 2 is 1.94 bits per heavy atom. The van der Waals surface area contributed by atoms with Crippen molar-refractivity contribution in [3.8, 4) is 0 Å². The lowest BCUT2D eigenvalue weighted by atomic mass is 9.99. The first-order valence-corrected chi connectivity index (χ1v) is 12.7. The summed E-state index contributed by atoms with van der Waals surface area (Å²) in [7, 11) is 1.79. The van der Waals surface area contributed by atoms with Crippen LogP contribution >= 0.6 is 0 Å². The predicted octanol–water partition coefficient (Wildman–Crippen LogP) is 4.48. The van der Waals surface area contributed by atoms with Gasteiger partial charge in [0.15, 0.2) is 0 Å². The van der Waals surface area contributed by atoms with Crippen molar-refractivity contribution in [3.05, 3.63) is 69.6 Å². The summed E-state index contributed by atoms with van der Waals surface area (Å²) < 4.78 is 14.0. The van der Waals surface area contributed by atoms with E-state index >= 15 is 0 Å². The van der Waals surface area contributed by atoms with Gasteiger partial charge in [0.25, 0.3) is 5.56 Å². The number of anilines is 1. The number of alkyl halides is 1. The summed E-state index contributed by atoms with van der Waals surface area (Å²) in [5.74, 6) is 0. The van der Waals surface area contributed by atoms with E-state index in [0.29, 0.717) is 18.5 Å². The molecule has 35 heavy (non-hydrogen) atoms. The minimum absolute atomic E-state index is 0.00581. The number of benzene rings is 1. The topological polar surface area (TPSA) is 67.4 Å². The van der Waals surface area contributed by atoms with E-state index in [2.05, 4.69) is 52.9 Å². The number of aromatic nitrogens is 2. The van der Waals surface area contributed by atoms with E-state index in [1.54, 1.807) is 30.8 Å². The highest BCUT2D eigenvalue weighted by atomic mass is 19.1. The van der Waals surface area contributed by atoms with Crippen LogP contribution in [0.25, 0.3) is 11.0 Å². The average molecular weight is 480 g/mol. The van der Waals surface area contributed by atoms with Crippen LogP contribution in [0.5, 0.6) is 0 Å². The quantitative estimate of drug-likeness (QED) is 0.598. The fourth-order valence-electron chi connectivity index (χ4n) is 5.33. The molecule has 7 heteroatoms. The third-order valence-electron chi connectivity index (χ3n) is 7.49. The third kappa shape index (κ3) is 4.98. The number of hydrogen-bond acceptors (Lipinski definition) is 5. The van der Waals surface area contributed by atoms with Crippen molar-refractivity contribution in [3.63, 3.8) is 0 Å². The lowest BCUT2D eigenvalue weighted by Gasteiger charge is -2.43. The molecule has 4 unspecified atom stereocenters. The second-order valence-corrected chi connectivity index (χ2v) is 9.94. The molecule has 0 aliphatic carbocycles. The molecule has 2 aliphatic rings. The van der Waals surface area contributed by atoms with Gasteiger partial charge in [0.1, 0.15) is 11.8 Å². The van der Waals surface area contributed by atoms with Crippen molar-refractivity contribution in [2.75, 3.05) is 18.0 Å². The molecule has 1 saturated heterocycles. The molecule has 0 spiro atoms. The Kier molecular flexibility index (Phi) is 7.57. The highest BCUT2D eigenvalue weighted by molar-refractivity contribution is 5.89. The Balaban J connectivity index is 0.000000314. The number of fused-ring (bicyclic) bond motifs is 4. The Bertz CT molecular complexity index is 1230. The van der Waals surface area contributed by atoms with Gasteiger partial charge >= 0.3 is 0 Å². The molecule has 0 bridgehead atoms. The van der Waals surface area contributed by atoms with E-state index in [4.69, 9.17) is 5.73 Å². The van der Waals surface area contributed by atoms with Crippen LogP contribution < -0.4 is 16.2 Å². The Morgan fingerprint density at radius 3 is 2.63 bits per heavy atom. The van der Waals surface area contributed by atoms with E-state index in [-0.39, 0.29) is 11.6 Å². The summed E-state index contributed by atoms with van der Waals surface area (Å²) in [6.07, 6.45) is 2.21. The summed E-state index contributed by atoms with van der Waals surface area (Å²) in [6, 6.07) is 13.2. The smallest absolute Gasteiger partial charge is 0.253 e. The molecule has 0 saturated carbocycles. The second-order valence-electron chi connectivity index (χ2n) is 9.94. The van der Waals surface area contributed by atoms with Crippen LogP contribution in [0.2, 0.25) is 0 Å². The van der Waals surface area contributed by atoms with E-state index in [9.17, 15) is 9.18 Å². The number of rotatable bonds is 4. The molecule has 3 aromatic rings. The van der Waals surface area contributed by atoms with E-state index < -0.39 is 6.17 Å². The largest absolute Gasteiger partial charge is 0.367 e. The number of halogens is 1. The van der Waals surface area contributed by atoms with Crippen LogP contribution in [-0.2, 0) is 13.6 Å². The van der Waals surface area contributed by atoms with Crippen LogP contribution in [-0.4, -0.2) is 45.8 Å². The highest BCUT2D eigenvalue weighted by Gasteiger charge is 2.39. The first-order chi connectivity index (χ1) is 16.7. The number of nitrogens with zero attached hydrogens (tertiary/aromatic N) is 4. The monoisotopic (exact) mass is 479 g/mol. The number of piperazine rings is 1. The summed E-state index contributed by atoms with van der Waals surface area (Å²) in [5.41, 5.74) is 11.3. The van der Waals surface area contributed by atoms with Crippen LogP contribution in [0.4, 0.5) is 10.1 Å². The zero-order valence-corrected chi connectivity index (χ0v) is 21.5. The van der Waals surface area contributed by atoms with Gasteiger partial charge in [-0.05, 0) is 49.9 Å². The van der Waals surface area contributed by atoms with Gasteiger partial charge < -0.3 is 10.6 Å². The molecule has 2 aromatic heterocycles. The number of aryl methyl sites for hydroxylation is 2. The molecule has 0 radical (unpaired) electrons. The predicted molar refractivity (Wildman–Crippen MR) is 142 cm³/mol. The fourth-order valence-corrected chi connectivity index (χ4v) is 5.33. The van der Waals surface area contributed by atoms with Crippen LogP contribution in [0, 0.1) is 6.92 Å². The van der Waals surface area contributed by atoms with Crippen molar-refractivity contribution in [2.24, 2.45) is 12.8 Å². The normalized spacial score (nSPS) is 21.2. The molecule has 2 N–H and O–H groups in total. The molecule has 4 atom stereocenters. The maximum absolute atomic E-state index is 12.5. The van der Waals surface area contributed by atoms with Crippen LogP contribution in [0.15, 0.2) is 47.4 Å². The fraction of sp³-hybridized carbons (Fsp3) is 0.500. The zero-order chi connectivity index (χ0) is 25.3. The van der Waals surface area contributed by atoms with Gasteiger partial charge in [-0.25, -0.2) is 9.37 Å². The molecule has 0 amide bonds. The maximum Gasteiger partial charge on any atom is 0.253 e. The summed E-state index contributed by atoms with van der Waals surface area (Å²) in [6.45, 7) is 11.0. The van der Waals surface area contributed by atoms with Gasteiger partial charge in [0, 0.05) is 56.4 Å². The van der Waals surface area contributed by atoms with Gasteiger partial charge in [0.2, 0.25) is 0 Å². The molecular weight excluding hydrogens is 441 g/mol. The maximum atomic E-state index is 12.5. The Hall–Kier alpha value is -2.77. The van der Waals surface area contributed by atoms with Gasteiger partial charge in [-0.3, -0.25) is 14.3 Å². The molecule has 188 valence electrons. The highest BCUT2D eigenvalue weighted by Crippen LogP contribution is 2.40. The van der Waals surface area contributed by atoms with Crippen molar-refractivity contribution < 1.29 is 4.39 Å². The molecular formula is C28H38FN5O. The first kappa shape index (κ1) is 25.3. The van der Waals surface area contributed by atoms with E-state index in [0.717, 1.165) is 42.8 Å². The number of nitrogens with two attached hydrogens (primary N) is 1. The van der Waals surface area contributed by atoms with Crippen molar-refractivity contribution in [1.82, 2.24) is 14.5 Å². The minimum Gasteiger partial charge on any atom is -0.367 e. The lowest BCUT2D eigenvalue weighted by Crippen LogP contribution is -2.51. The van der Waals surface area contributed by atoms with Crippen molar-refractivity contribution in [1.29, 1.82) is 0 Å². The summed E-state index contributed by atoms with van der Waals surface area (Å²) in [4.78, 5) is 22.0. The van der Waals surface area contributed by atoms with Gasteiger partial charge in [-0.2, -0.15) is 0 Å². The minimum atomic E-state index is -0.806. The Labute approximate surface area is 207 Å². The molecule has 1 aromatic carbocycles. The van der Waals surface area contributed by atoms with Crippen molar-refractivity contribution in [2.45, 2.75) is 71.4 Å². The van der Waals surface area contributed by atoms with Gasteiger partial charge in [-0.1, -0.05) is 37.6 Å². The molecule has 5 rings (SSSR count). The lowest BCUT2D eigenvalue weighted by molar-refractivity contribution is 0.134. The second kappa shape index (κ2) is 10.5. The molecule has 1 fully saturated rings. The number of pyridine rings is 2. The van der Waals surface area contributed by atoms with Crippen LogP contribution in [0.3, 0.4) is 0 Å². The number of hydrogen-bond donors (Lipinski definition) is 1. The van der Waals surface area contributed by atoms with E-state index in [1.807, 2.05) is 13.0 Å². The van der Waals surface area contributed by atoms with Gasteiger partial charge in [0.05, 0.1) is 11.7 Å². The summed E-state index contributed by atoms with van der Waals surface area (Å²) >= 11 is 0. The average Bonchev–Trinajstić information content (AvgIpc) is 3.23. The summed E-state index contributed by atoms with van der Waals surface area (Å²) in [5, 5.41) is 1.04. The first-order valence-electron chi connectivity index (χ1n) is 12.7. The standard InChI is InChI=1S/C22H24N4O.C6H14FN/c1-14-6-7-17-16(9-14)12-26-15(2)11-25(13-20(17)26)19-10-21(27)24(3)22-18(19)5-4-8-23-22;1-3-5(7)6(8)4-2/h4-10,15,20H,11-13H2,1-3H3;5-6H,3-4,8H2,1-2H3. The molecule has 6 nitrogen and oxygen atoms in total. The third-order valence-corrected chi connectivity index (χ3v) is 7.49. The SMILES string of the molecule is CCC(N)C(F)CC.Cc1ccc2c(c1)CN1C(C)CN(c3cc(=O)n(C)c4ncccc34)CC21. The van der Waals surface area contributed by atoms with Gasteiger partial charge in [-0.15, -0.1) is 0 Å². The molecule has 2 aliphatic heterocycles. The van der Waals surface area contributed by atoms with E-state index in [1.165, 1.54) is 16.7 Å².